The van der Waals surface area contributed by atoms with Crippen molar-refractivity contribution in [3.8, 4) is 0 Å². The van der Waals surface area contributed by atoms with Crippen LogP contribution in [-0.4, -0.2) is 22.6 Å². The Hall–Kier alpha value is -0.830. The molecule has 1 N–H and O–H groups in total. The minimum absolute atomic E-state index is 0.715. The van der Waals surface area contributed by atoms with E-state index in [0.29, 0.717) is 6.04 Å². The largest absolute Gasteiger partial charge is 0.331 e. The first-order chi connectivity index (χ1) is 9.45. The smallest absolute Gasteiger partial charge is 0.0950 e. The van der Waals surface area contributed by atoms with Crippen LogP contribution in [0.25, 0.3) is 0 Å². The highest BCUT2D eigenvalue weighted by Gasteiger charge is 2.22. The molecule has 1 aliphatic heterocycles. The van der Waals surface area contributed by atoms with E-state index < -0.39 is 0 Å². The van der Waals surface area contributed by atoms with Gasteiger partial charge in [-0.15, -0.1) is 0 Å². The summed E-state index contributed by atoms with van der Waals surface area (Å²) in [6.45, 7) is 2.33. The highest BCUT2D eigenvalue weighted by Crippen LogP contribution is 2.32. The lowest BCUT2D eigenvalue weighted by atomic mass is 9.92. The average Bonchev–Trinajstić information content (AvgIpc) is 2.88. The standard InChI is InChI=1S/C16H27N3/c1-2-4-6-15(7-5-3-1)19-13-18-12-16(19)14-8-10-17-11-9-14/h12-15,17H,1-11H2. The van der Waals surface area contributed by atoms with E-state index in [-0.39, 0.29) is 0 Å². The zero-order chi connectivity index (χ0) is 12.9. The molecule has 0 bridgehead atoms. The Morgan fingerprint density at radius 1 is 0.947 bits per heavy atom. The fourth-order valence-electron chi connectivity index (χ4n) is 3.77. The van der Waals surface area contributed by atoms with E-state index in [9.17, 15) is 0 Å². The van der Waals surface area contributed by atoms with Gasteiger partial charge in [0.15, 0.2) is 0 Å². The molecule has 1 aromatic rings. The molecule has 19 heavy (non-hydrogen) atoms. The first-order valence-corrected chi connectivity index (χ1v) is 8.17. The van der Waals surface area contributed by atoms with E-state index >= 15 is 0 Å². The van der Waals surface area contributed by atoms with Crippen molar-refractivity contribution in [2.45, 2.75) is 69.7 Å². The second kappa shape index (κ2) is 6.56. The van der Waals surface area contributed by atoms with Crippen molar-refractivity contribution >= 4 is 0 Å². The number of rotatable bonds is 2. The molecular formula is C16H27N3. The van der Waals surface area contributed by atoms with Crippen molar-refractivity contribution in [1.82, 2.24) is 14.9 Å². The van der Waals surface area contributed by atoms with Gasteiger partial charge in [0.2, 0.25) is 0 Å². The van der Waals surface area contributed by atoms with Crippen LogP contribution in [0.3, 0.4) is 0 Å². The number of nitrogens with zero attached hydrogens (tertiary/aromatic N) is 2. The molecule has 1 aromatic heterocycles. The van der Waals surface area contributed by atoms with Gasteiger partial charge in [-0.25, -0.2) is 4.98 Å². The van der Waals surface area contributed by atoms with E-state index in [0.717, 1.165) is 5.92 Å². The highest BCUT2D eigenvalue weighted by atomic mass is 15.1. The van der Waals surface area contributed by atoms with Gasteiger partial charge >= 0.3 is 0 Å². The van der Waals surface area contributed by atoms with Crippen molar-refractivity contribution in [2.75, 3.05) is 13.1 Å². The second-order valence-corrected chi connectivity index (χ2v) is 6.25. The van der Waals surface area contributed by atoms with Crippen LogP contribution in [-0.2, 0) is 0 Å². The molecule has 3 nitrogen and oxygen atoms in total. The lowest BCUT2D eigenvalue weighted by Crippen LogP contribution is -2.28. The van der Waals surface area contributed by atoms with Crippen LogP contribution < -0.4 is 5.32 Å². The fraction of sp³-hybridized carbons (Fsp3) is 0.812. The van der Waals surface area contributed by atoms with Gasteiger partial charge in [-0.3, -0.25) is 0 Å². The lowest BCUT2D eigenvalue weighted by Gasteiger charge is -2.28. The van der Waals surface area contributed by atoms with Crippen LogP contribution in [0.1, 0.15) is 75.4 Å². The molecule has 0 amide bonds. The second-order valence-electron chi connectivity index (χ2n) is 6.25. The van der Waals surface area contributed by atoms with Crippen molar-refractivity contribution in [2.24, 2.45) is 0 Å². The number of nitrogens with one attached hydrogen (secondary N) is 1. The first-order valence-electron chi connectivity index (χ1n) is 8.17. The zero-order valence-electron chi connectivity index (χ0n) is 12.0. The number of imidazole rings is 1. The summed E-state index contributed by atoms with van der Waals surface area (Å²) in [5.41, 5.74) is 1.51. The predicted molar refractivity (Wildman–Crippen MR) is 78.4 cm³/mol. The summed E-state index contributed by atoms with van der Waals surface area (Å²) >= 11 is 0. The average molecular weight is 261 g/mol. The maximum atomic E-state index is 4.47. The first kappa shape index (κ1) is 13.2. The van der Waals surface area contributed by atoms with E-state index in [1.807, 2.05) is 0 Å². The molecule has 3 heteroatoms. The van der Waals surface area contributed by atoms with Gasteiger partial charge in [-0.2, -0.15) is 0 Å². The summed E-state index contributed by atoms with van der Waals surface area (Å²) in [6.07, 6.45) is 16.6. The van der Waals surface area contributed by atoms with Crippen LogP contribution in [0.5, 0.6) is 0 Å². The Morgan fingerprint density at radius 2 is 1.63 bits per heavy atom. The fourth-order valence-corrected chi connectivity index (χ4v) is 3.77. The molecule has 1 saturated heterocycles. The Balaban J connectivity index is 1.73. The molecule has 0 radical (unpaired) electrons. The van der Waals surface area contributed by atoms with Gasteiger partial charge in [-0.1, -0.05) is 32.1 Å². The topological polar surface area (TPSA) is 29.9 Å². The quantitative estimate of drug-likeness (QED) is 0.881. The maximum absolute atomic E-state index is 4.47. The van der Waals surface area contributed by atoms with Crippen LogP contribution >= 0.6 is 0 Å². The van der Waals surface area contributed by atoms with Crippen LogP contribution in [0, 0.1) is 0 Å². The Labute approximate surface area is 116 Å². The van der Waals surface area contributed by atoms with Crippen LogP contribution in [0.4, 0.5) is 0 Å². The van der Waals surface area contributed by atoms with E-state index in [2.05, 4.69) is 27.4 Å². The monoisotopic (exact) mass is 261 g/mol. The van der Waals surface area contributed by atoms with Gasteiger partial charge in [0.05, 0.1) is 6.33 Å². The Kier molecular flexibility index (Phi) is 4.54. The van der Waals surface area contributed by atoms with Crippen LogP contribution in [0.2, 0.25) is 0 Å². The molecule has 1 aliphatic carbocycles. The molecule has 0 spiro atoms. The van der Waals surface area contributed by atoms with Crippen molar-refractivity contribution in [3.05, 3.63) is 18.2 Å². The third kappa shape index (κ3) is 3.19. The third-order valence-corrected chi connectivity index (χ3v) is 4.92. The Morgan fingerprint density at radius 3 is 2.37 bits per heavy atom. The Bertz CT molecular complexity index is 371. The summed E-state index contributed by atoms with van der Waals surface area (Å²) in [6, 6.07) is 0.715. The van der Waals surface area contributed by atoms with E-state index in [1.165, 1.54) is 76.6 Å². The van der Waals surface area contributed by atoms with Gasteiger partial charge in [0, 0.05) is 23.9 Å². The summed E-state index contributed by atoms with van der Waals surface area (Å²) in [5, 5.41) is 3.46. The molecule has 2 fully saturated rings. The van der Waals surface area contributed by atoms with E-state index in [1.54, 1.807) is 0 Å². The molecule has 3 rings (SSSR count). The summed E-state index contributed by atoms with van der Waals surface area (Å²) in [4.78, 5) is 4.47. The van der Waals surface area contributed by atoms with Gasteiger partial charge in [0.1, 0.15) is 0 Å². The van der Waals surface area contributed by atoms with Gasteiger partial charge in [-0.05, 0) is 38.8 Å². The zero-order valence-corrected chi connectivity index (χ0v) is 12.0. The number of hydrogen-bond acceptors (Lipinski definition) is 2. The minimum Gasteiger partial charge on any atom is -0.331 e. The molecule has 1 saturated carbocycles. The SMILES string of the molecule is c1ncn(C2CCCCCCC2)c1C1CCNCC1. The van der Waals surface area contributed by atoms with Gasteiger partial charge in [0.25, 0.3) is 0 Å². The summed E-state index contributed by atoms with van der Waals surface area (Å²) in [7, 11) is 0. The van der Waals surface area contributed by atoms with Crippen molar-refractivity contribution < 1.29 is 0 Å². The van der Waals surface area contributed by atoms with Crippen molar-refractivity contribution in [3.63, 3.8) is 0 Å². The third-order valence-electron chi connectivity index (χ3n) is 4.92. The molecule has 2 heterocycles. The van der Waals surface area contributed by atoms with Crippen molar-refractivity contribution in [1.29, 1.82) is 0 Å². The van der Waals surface area contributed by atoms with Gasteiger partial charge < -0.3 is 9.88 Å². The minimum atomic E-state index is 0.715. The molecule has 106 valence electrons. The molecule has 0 atom stereocenters. The van der Waals surface area contributed by atoms with Crippen LogP contribution in [0.15, 0.2) is 12.5 Å². The normalized spacial score (nSPS) is 24.0. The summed E-state index contributed by atoms with van der Waals surface area (Å²) in [5.74, 6) is 0.731. The molecule has 0 unspecified atom stereocenters. The number of aromatic nitrogens is 2. The van der Waals surface area contributed by atoms with E-state index in [4.69, 9.17) is 0 Å². The summed E-state index contributed by atoms with van der Waals surface area (Å²) < 4.78 is 2.53. The maximum Gasteiger partial charge on any atom is 0.0950 e. The lowest BCUT2D eigenvalue weighted by molar-refractivity contribution is 0.349. The molecule has 2 aliphatic rings. The number of hydrogen-bond donors (Lipinski definition) is 1. The highest BCUT2D eigenvalue weighted by molar-refractivity contribution is 5.09. The number of piperidine rings is 1. The molecule has 0 aromatic carbocycles. The molecular weight excluding hydrogens is 234 g/mol. The predicted octanol–water partition coefficient (Wildman–Crippen LogP) is 3.64.